The molecule has 1 amide bonds. The molecule has 0 saturated carbocycles. The van der Waals surface area contributed by atoms with Crippen molar-refractivity contribution < 1.29 is 32.3 Å². The molecule has 0 unspecified atom stereocenters. The van der Waals surface area contributed by atoms with Crippen LogP contribution in [-0.4, -0.2) is 89.0 Å². The molecular formula is C29H31N3O7S2. The lowest BCUT2D eigenvalue weighted by atomic mass is 9.88. The van der Waals surface area contributed by atoms with Crippen LogP contribution in [0.1, 0.15) is 32.2 Å². The third kappa shape index (κ3) is 5.72. The summed E-state index contributed by atoms with van der Waals surface area (Å²) in [5.41, 5.74) is 2.07. The van der Waals surface area contributed by atoms with E-state index >= 15 is 0 Å². The van der Waals surface area contributed by atoms with E-state index in [1.54, 1.807) is 28.5 Å². The Morgan fingerprint density at radius 1 is 0.854 bits per heavy atom. The van der Waals surface area contributed by atoms with Gasteiger partial charge in [-0.2, -0.15) is 4.31 Å². The first-order chi connectivity index (χ1) is 19.7. The highest BCUT2D eigenvalue weighted by Gasteiger charge is 2.45. The van der Waals surface area contributed by atoms with E-state index in [1.807, 2.05) is 35.2 Å². The number of benzene rings is 2. The van der Waals surface area contributed by atoms with Crippen molar-refractivity contribution in [1.82, 2.24) is 9.21 Å². The SMILES string of the molecule is COC(=O)c1ccc(C(=O)OC)c(N2CCN(C(=O)[C@@H]3CN(S(=O)(=O)c4cccs4)C[C@H]3c3ccccc3)CC2)c1. The lowest BCUT2D eigenvalue weighted by Crippen LogP contribution is -2.51. The summed E-state index contributed by atoms with van der Waals surface area (Å²) < 4.78 is 38.2. The molecule has 0 aliphatic carbocycles. The third-order valence-electron chi connectivity index (χ3n) is 7.68. The lowest BCUT2D eigenvalue weighted by molar-refractivity contribution is -0.135. The molecule has 41 heavy (non-hydrogen) atoms. The lowest BCUT2D eigenvalue weighted by Gasteiger charge is -2.38. The van der Waals surface area contributed by atoms with Gasteiger partial charge in [0.1, 0.15) is 4.21 Å². The van der Waals surface area contributed by atoms with Gasteiger partial charge in [-0.15, -0.1) is 11.3 Å². The summed E-state index contributed by atoms with van der Waals surface area (Å²) in [6.07, 6.45) is 0. The minimum absolute atomic E-state index is 0.0983. The van der Waals surface area contributed by atoms with Gasteiger partial charge >= 0.3 is 11.9 Å². The molecule has 2 aliphatic heterocycles. The normalized spacial score (nSPS) is 19.7. The number of thiophene rings is 1. The van der Waals surface area contributed by atoms with Crippen molar-refractivity contribution in [2.45, 2.75) is 10.1 Å². The fourth-order valence-electron chi connectivity index (χ4n) is 5.51. The molecule has 5 rings (SSSR count). The smallest absolute Gasteiger partial charge is 0.339 e. The molecule has 2 aliphatic rings. The van der Waals surface area contributed by atoms with Gasteiger partial charge < -0.3 is 19.3 Å². The van der Waals surface area contributed by atoms with Gasteiger partial charge in [-0.1, -0.05) is 36.4 Å². The van der Waals surface area contributed by atoms with Gasteiger partial charge in [0.2, 0.25) is 5.91 Å². The number of ether oxygens (including phenoxy) is 2. The third-order valence-corrected chi connectivity index (χ3v) is 10.9. The summed E-state index contributed by atoms with van der Waals surface area (Å²) in [6.45, 7) is 1.91. The first-order valence-electron chi connectivity index (χ1n) is 13.2. The fraction of sp³-hybridized carbons (Fsp3) is 0.345. The van der Waals surface area contributed by atoms with Crippen LogP contribution in [0.5, 0.6) is 0 Å². The van der Waals surface area contributed by atoms with Crippen LogP contribution < -0.4 is 4.90 Å². The summed E-state index contributed by atoms with van der Waals surface area (Å²) in [5.74, 6) is -1.96. The topological polar surface area (TPSA) is 114 Å². The summed E-state index contributed by atoms with van der Waals surface area (Å²) in [5, 5.41) is 1.73. The molecule has 2 saturated heterocycles. The number of rotatable bonds is 7. The first-order valence-corrected chi connectivity index (χ1v) is 15.5. The zero-order valence-electron chi connectivity index (χ0n) is 22.8. The highest BCUT2D eigenvalue weighted by molar-refractivity contribution is 7.91. The van der Waals surface area contributed by atoms with Gasteiger partial charge in [-0.3, -0.25) is 4.79 Å². The Bertz CT molecular complexity index is 1520. The van der Waals surface area contributed by atoms with Gasteiger partial charge in [0.25, 0.3) is 10.0 Å². The highest BCUT2D eigenvalue weighted by atomic mass is 32.2. The summed E-state index contributed by atoms with van der Waals surface area (Å²) in [4.78, 5) is 42.3. The van der Waals surface area contributed by atoms with Crippen molar-refractivity contribution in [3.05, 3.63) is 82.7 Å². The van der Waals surface area contributed by atoms with Crippen molar-refractivity contribution in [2.24, 2.45) is 5.92 Å². The van der Waals surface area contributed by atoms with Crippen molar-refractivity contribution in [2.75, 3.05) is 58.4 Å². The standard InChI is InChI=1S/C29H31N3O7S2/c1-38-28(34)21-10-11-22(29(35)39-2)25(17-21)30-12-14-31(15-13-30)27(33)24-19-32(41(36,37)26-9-6-16-40-26)18-23(24)20-7-4-3-5-8-20/h3-11,16-17,23-24H,12-15,18-19H2,1-2H3/t23-,24+/m0/s1. The van der Waals surface area contributed by atoms with Crippen LogP contribution >= 0.6 is 11.3 Å². The van der Waals surface area contributed by atoms with Gasteiger partial charge in [0.15, 0.2) is 0 Å². The molecule has 0 radical (unpaired) electrons. The highest BCUT2D eigenvalue weighted by Crippen LogP contribution is 2.38. The van der Waals surface area contributed by atoms with Crippen LogP contribution in [0.3, 0.4) is 0 Å². The number of methoxy groups -OCH3 is 2. The average Bonchev–Trinajstić information content (AvgIpc) is 3.72. The van der Waals surface area contributed by atoms with Gasteiger partial charge in [-0.25, -0.2) is 18.0 Å². The van der Waals surface area contributed by atoms with E-state index in [9.17, 15) is 22.8 Å². The van der Waals surface area contributed by atoms with Crippen molar-refractivity contribution in [3.8, 4) is 0 Å². The van der Waals surface area contributed by atoms with E-state index in [-0.39, 0.29) is 29.1 Å². The number of carbonyl (C=O) groups is 3. The molecule has 2 aromatic carbocycles. The van der Waals surface area contributed by atoms with Crippen LogP contribution in [0.25, 0.3) is 0 Å². The summed E-state index contributed by atoms with van der Waals surface area (Å²) >= 11 is 1.17. The fourth-order valence-corrected chi connectivity index (χ4v) is 8.15. The molecule has 216 valence electrons. The Hall–Kier alpha value is -3.74. The van der Waals surface area contributed by atoms with E-state index in [4.69, 9.17) is 9.47 Å². The second-order valence-corrected chi connectivity index (χ2v) is 13.0. The van der Waals surface area contributed by atoms with E-state index in [2.05, 4.69) is 0 Å². The van der Waals surface area contributed by atoms with E-state index in [0.29, 0.717) is 43.0 Å². The maximum atomic E-state index is 13.9. The van der Waals surface area contributed by atoms with Crippen LogP contribution in [0.4, 0.5) is 5.69 Å². The Morgan fingerprint density at radius 3 is 2.20 bits per heavy atom. The predicted octanol–water partition coefficient (Wildman–Crippen LogP) is 3.07. The molecule has 3 heterocycles. The molecule has 3 aromatic rings. The number of piperazine rings is 1. The monoisotopic (exact) mass is 597 g/mol. The second-order valence-electron chi connectivity index (χ2n) is 9.91. The zero-order chi connectivity index (χ0) is 29.1. The van der Waals surface area contributed by atoms with Crippen molar-refractivity contribution >= 4 is 44.9 Å². The Labute approximate surface area is 243 Å². The second kappa shape index (κ2) is 12.0. The molecular weight excluding hydrogens is 566 g/mol. The number of amides is 1. The van der Waals surface area contributed by atoms with Gasteiger partial charge in [-0.05, 0) is 35.2 Å². The van der Waals surface area contributed by atoms with E-state index < -0.39 is 27.9 Å². The Balaban J connectivity index is 1.36. The number of anilines is 1. The molecule has 1 aromatic heterocycles. The maximum Gasteiger partial charge on any atom is 0.339 e. The molecule has 2 atom stereocenters. The zero-order valence-corrected chi connectivity index (χ0v) is 24.4. The van der Waals surface area contributed by atoms with E-state index in [0.717, 1.165) is 5.56 Å². The maximum absolute atomic E-state index is 13.9. The average molecular weight is 598 g/mol. The van der Waals surface area contributed by atoms with Crippen molar-refractivity contribution in [1.29, 1.82) is 0 Å². The van der Waals surface area contributed by atoms with Crippen LogP contribution in [0.2, 0.25) is 0 Å². The van der Waals surface area contributed by atoms with E-state index in [1.165, 1.54) is 42.0 Å². The number of esters is 2. The molecule has 10 nitrogen and oxygen atoms in total. The van der Waals surface area contributed by atoms with Crippen LogP contribution in [-0.2, 0) is 24.3 Å². The Kier molecular flexibility index (Phi) is 8.43. The largest absolute Gasteiger partial charge is 0.465 e. The van der Waals surface area contributed by atoms with Gasteiger partial charge in [0.05, 0.1) is 37.0 Å². The van der Waals surface area contributed by atoms with Crippen LogP contribution in [0.15, 0.2) is 70.3 Å². The molecule has 2 fully saturated rings. The number of hydrogen-bond donors (Lipinski definition) is 0. The molecule has 0 bridgehead atoms. The number of sulfonamides is 1. The van der Waals surface area contributed by atoms with Crippen molar-refractivity contribution in [3.63, 3.8) is 0 Å². The Morgan fingerprint density at radius 2 is 1.56 bits per heavy atom. The number of nitrogens with zero attached hydrogens (tertiary/aromatic N) is 3. The quantitative estimate of drug-likeness (QED) is 0.382. The van der Waals surface area contributed by atoms with Gasteiger partial charge in [0, 0.05) is 45.2 Å². The summed E-state index contributed by atoms with van der Waals surface area (Å²) in [7, 11) is -1.13. The number of carbonyl (C=O) groups excluding carboxylic acids is 3. The summed E-state index contributed by atoms with van der Waals surface area (Å²) in [6, 6.07) is 17.5. The van der Waals surface area contributed by atoms with Crippen LogP contribution in [0, 0.1) is 5.92 Å². The molecule has 12 heteroatoms. The predicted molar refractivity (Wildman–Crippen MR) is 154 cm³/mol. The molecule has 0 N–H and O–H groups in total. The minimum atomic E-state index is -3.72. The first kappa shape index (κ1) is 28.8. The minimum Gasteiger partial charge on any atom is -0.465 e. The number of hydrogen-bond acceptors (Lipinski definition) is 9. The molecule has 0 spiro atoms.